The minimum Gasteiger partial charge on any atom is -0.410 e. The molecule has 0 spiro atoms. The third-order valence-electron chi connectivity index (χ3n) is 5.71. The number of aromatic nitrogens is 2. The smallest absolute Gasteiger partial charge is 0.410 e. The molecular formula is C25H29N5O4. The second kappa shape index (κ2) is 9.26. The third-order valence-corrected chi connectivity index (χ3v) is 5.71. The number of hydrogen-bond donors (Lipinski definition) is 1. The Balaban J connectivity index is 1.39. The van der Waals surface area contributed by atoms with E-state index in [4.69, 9.17) is 4.74 Å². The molecule has 0 aliphatic carbocycles. The largest absolute Gasteiger partial charge is 0.415 e. The SMILES string of the molecule is CN1CCN(C(=O)Oc2ccc(C(=O)Nc3ccc4nc(C(=O)C(C)(C)C)cn4c3)cc2)CC1. The van der Waals surface area contributed by atoms with E-state index >= 15 is 0 Å². The molecule has 9 heteroatoms. The summed E-state index contributed by atoms with van der Waals surface area (Å²) < 4.78 is 7.15. The van der Waals surface area contributed by atoms with Crippen LogP contribution in [0.5, 0.6) is 5.75 Å². The van der Waals surface area contributed by atoms with Gasteiger partial charge in [0.1, 0.15) is 17.1 Å². The van der Waals surface area contributed by atoms with Crippen molar-refractivity contribution in [1.82, 2.24) is 19.2 Å². The Kier molecular flexibility index (Phi) is 6.39. The second-order valence-electron chi connectivity index (χ2n) is 9.53. The van der Waals surface area contributed by atoms with Gasteiger partial charge in [0.25, 0.3) is 5.91 Å². The highest BCUT2D eigenvalue weighted by molar-refractivity contribution is 6.04. The van der Waals surface area contributed by atoms with Crippen molar-refractivity contribution in [1.29, 1.82) is 0 Å². The van der Waals surface area contributed by atoms with Gasteiger partial charge in [-0.3, -0.25) is 9.59 Å². The number of hydrogen-bond acceptors (Lipinski definition) is 6. The van der Waals surface area contributed by atoms with Crippen molar-refractivity contribution < 1.29 is 19.1 Å². The molecule has 0 bridgehead atoms. The van der Waals surface area contributed by atoms with Crippen LogP contribution in [0, 0.1) is 5.41 Å². The van der Waals surface area contributed by atoms with Crippen molar-refractivity contribution in [2.75, 3.05) is 38.5 Å². The molecular weight excluding hydrogens is 434 g/mol. The van der Waals surface area contributed by atoms with E-state index in [2.05, 4.69) is 15.2 Å². The summed E-state index contributed by atoms with van der Waals surface area (Å²) in [5, 5.41) is 2.84. The maximum absolute atomic E-state index is 12.7. The minimum atomic E-state index is -0.528. The van der Waals surface area contributed by atoms with Gasteiger partial charge in [-0.2, -0.15) is 0 Å². The maximum atomic E-state index is 12.7. The number of nitrogens with one attached hydrogen (secondary N) is 1. The number of rotatable bonds is 4. The fraction of sp³-hybridized carbons (Fsp3) is 0.360. The quantitative estimate of drug-likeness (QED) is 0.595. The van der Waals surface area contributed by atoms with Crippen molar-refractivity contribution >= 4 is 29.1 Å². The Hall–Kier alpha value is -3.72. The number of Topliss-reactive ketones (excluding diaryl/α,β-unsaturated/α-hetero) is 1. The topological polar surface area (TPSA) is 96.2 Å². The van der Waals surface area contributed by atoms with Crippen molar-refractivity contribution in [2.24, 2.45) is 5.41 Å². The van der Waals surface area contributed by atoms with Crippen LogP contribution in [-0.4, -0.2) is 70.2 Å². The summed E-state index contributed by atoms with van der Waals surface area (Å²) in [4.78, 5) is 45.7. The number of benzene rings is 1. The third kappa shape index (κ3) is 5.26. The maximum Gasteiger partial charge on any atom is 0.415 e. The Bertz CT molecular complexity index is 1220. The van der Waals surface area contributed by atoms with Gasteiger partial charge in [-0.25, -0.2) is 9.78 Å². The Morgan fingerprint density at radius 2 is 1.62 bits per heavy atom. The Morgan fingerprint density at radius 1 is 0.941 bits per heavy atom. The molecule has 2 amide bonds. The number of amides is 2. The molecule has 4 rings (SSSR count). The van der Waals surface area contributed by atoms with E-state index in [1.54, 1.807) is 58.1 Å². The van der Waals surface area contributed by atoms with E-state index in [0.717, 1.165) is 13.1 Å². The molecule has 0 atom stereocenters. The number of piperazine rings is 1. The van der Waals surface area contributed by atoms with Crippen LogP contribution in [0.3, 0.4) is 0 Å². The fourth-order valence-corrected chi connectivity index (χ4v) is 3.59. The van der Waals surface area contributed by atoms with E-state index in [0.29, 0.717) is 41.4 Å². The van der Waals surface area contributed by atoms with Crippen LogP contribution in [0.15, 0.2) is 48.8 Å². The van der Waals surface area contributed by atoms with Gasteiger partial charge in [0.05, 0.1) is 5.69 Å². The molecule has 3 aromatic rings. The molecule has 1 aromatic carbocycles. The van der Waals surface area contributed by atoms with Crippen LogP contribution in [0.1, 0.15) is 41.6 Å². The Morgan fingerprint density at radius 3 is 2.26 bits per heavy atom. The van der Waals surface area contributed by atoms with Crippen molar-refractivity contribution in [3.05, 3.63) is 60.0 Å². The highest BCUT2D eigenvalue weighted by atomic mass is 16.6. The number of carbonyl (C=O) groups excluding carboxylic acids is 3. The lowest BCUT2D eigenvalue weighted by atomic mass is 9.89. The van der Waals surface area contributed by atoms with Crippen LogP contribution in [0.25, 0.3) is 5.65 Å². The summed E-state index contributed by atoms with van der Waals surface area (Å²) in [6.45, 7) is 8.43. The van der Waals surface area contributed by atoms with Crippen LogP contribution in [-0.2, 0) is 0 Å². The zero-order valence-corrected chi connectivity index (χ0v) is 19.9. The van der Waals surface area contributed by atoms with E-state index in [-0.39, 0.29) is 17.8 Å². The van der Waals surface area contributed by atoms with Gasteiger partial charge >= 0.3 is 6.09 Å². The molecule has 0 radical (unpaired) electrons. The van der Waals surface area contributed by atoms with Crippen LogP contribution in [0.4, 0.5) is 10.5 Å². The summed E-state index contributed by atoms with van der Waals surface area (Å²) in [6, 6.07) is 9.90. The molecule has 2 aromatic heterocycles. The number of pyridine rings is 1. The molecule has 1 aliphatic rings. The molecule has 1 saturated heterocycles. The monoisotopic (exact) mass is 463 g/mol. The van der Waals surface area contributed by atoms with Crippen LogP contribution < -0.4 is 10.1 Å². The van der Waals surface area contributed by atoms with Gasteiger partial charge in [-0.15, -0.1) is 0 Å². The van der Waals surface area contributed by atoms with Crippen molar-refractivity contribution in [3.63, 3.8) is 0 Å². The van der Waals surface area contributed by atoms with E-state index in [1.165, 1.54) is 0 Å². The average molecular weight is 464 g/mol. The fourth-order valence-electron chi connectivity index (χ4n) is 3.59. The van der Waals surface area contributed by atoms with Crippen molar-refractivity contribution in [3.8, 4) is 5.75 Å². The van der Waals surface area contributed by atoms with Gasteiger partial charge in [0, 0.05) is 49.6 Å². The van der Waals surface area contributed by atoms with Crippen molar-refractivity contribution in [2.45, 2.75) is 20.8 Å². The van der Waals surface area contributed by atoms with Crippen LogP contribution in [0.2, 0.25) is 0 Å². The first-order valence-corrected chi connectivity index (χ1v) is 11.2. The molecule has 0 unspecified atom stereocenters. The van der Waals surface area contributed by atoms with Gasteiger partial charge < -0.3 is 24.3 Å². The summed E-state index contributed by atoms with van der Waals surface area (Å²) in [5.41, 5.74) is 1.47. The number of imidazole rings is 1. The first-order chi connectivity index (χ1) is 16.1. The number of fused-ring (bicyclic) bond motifs is 1. The summed E-state index contributed by atoms with van der Waals surface area (Å²) in [6.07, 6.45) is 3.00. The molecule has 3 heterocycles. The molecule has 178 valence electrons. The van der Waals surface area contributed by atoms with Gasteiger partial charge in [0.15, 0.2) is 5.78 Å². The van der Waals surface area contributed by atoms with Gasteiger partial charge in [-0.05, 0) is 43.4 Å². The molecule has 0 saturated carbocycles. The van der Waals surface area contributed by atoms with E-state index in [9.17, 15) is 14.4 Å². The highest BCUT2D eigenvalue weighted by Gasteiger charge is 2.25. The molecule has 34 heavy (non-hydrogen) atoms. The zero-order valence-electron chi connectivity index (χ0n) is 19.9. The number of anilines is 1. The van der Waals surface area contributed by atoms with Gasteiger partial charge in [0.2, 0.25) is 0 Å². The van der Waals surface area contributed by atoms with E-state index < -0.39 is 5.41 Å². The number of ketones is 1. The number of carbonyl (C=O) groups is 3. The first-order valence-electron chi connectivity index (χ1n) is 11.2. The normalized spacial score (nSPS) is 14.8. The molecule has 1 fully saturated rings. The second-order valence-corrected chi connectivity index (χ2v) is 9.53. The van der Waals surface area contributed by atoms with Gasteiger partial charge in [-0.1, -0.05) is 20.8 Å². The first kappa shape index (κ1) is 23.4. The minimum absolute atomic E-state index is 0.0461. The Labute approximate surface area is 198 Å². The lowest BCUT2D eigenvalue weighted by Gasteiger charge is -2.31. The number of likely N-dealkylation sites (N-methyl/N-ethyl adjacent to an activating group) is 1. The molecule has 1 N–H and O–H groups in total. The molecule has 1 aliphatic heterocycles. The summed E-state index contributed by atoms with van der Waals surface area (Å²) in [5.74, 6) is 0.0361. The average Bonchev–Trinajstić information content (AvgIpc) is 3.22. The number of nitrogens with zero attached hydrogens (tertiary/aromatic N) is 4. The lowest BCUT2D eigenvalue weighted by Crippen LogP contribution is -2.48. The summed E-state index contributed by atoms with van der Waals surface area (Å²) >= 11 is 0. The van der Waals surface area contributed by atoms with Crippen LogP contribution >= 0.6 is 0 Å². The summed E-state index contributed by atoms with van der Waals surface area (Å²) in [7, 11) is 2.02. The number of ether oxygens (including phenoxy) is 1. The standard InChI is InChI=1S/C25H29N5O4/c1-25(2,3)22(31)20-16-30-15-18(7-10-21(30)27-20)26-23(32)17-5-8-19(9-6-17)34-24(33)29-13-11-28(4)12-14-29/h5-10,15-16H,11-14H2,1-4H3,(H,26,32). The molecule has 9 nitrogen and oxygen atoms in total. The lowest BCUT2D eigenvalue weighted by molar-refractivity contribution is 0.0853. The predicted octanol–water partition coefficient (Wildman–Crippen LogP) is 3.56. The predicted molar refractivity (Wildman–Crippen MR) is 128 cm³/mol. The highest BCUT2D eigenvalue weighted by Crippen LogP contribution is 2.22. The van der Waals surface area contributed by atoms with E-state index in [1.807, 2.05) is 27.8 Å². The zero-order chi connectivity index (χ0) is 24.5.